The van der Waals surface area contributed by atoms with Crippen LogP contribution in [0.2, 0.25) is 5.15 Å². The lowest BCUT2D eigenvalue weighted by Crippen LogP contribution is -2.18. The lowest BCUT2D eigenvalue weighted by molar-refractivity contribution is -0.497. The summed E-state index contributed by atoms with van der Waals surface area (Å²) in [5.74, 6) is -0.299. The minimum Gasteiger partial charge on any atom is -0.476 e. The van der Waals surface area contributed by atoms with Crippen molar-refractivity contribution in [3.63, 3.8) is 0 Å². The van der Waals surface area contributed by atoms with Crippen LogP contribution in [0.25, 0.3) is 22.5 Å². The van der Waals surface area contributed by atoms with Crippen LogP contribution in [0.5, 0.6) is 0 Å². The fourth-order valence-corrected chi connectivity index (χ4v) is 5.11. The molecule has 0 aliphatic carbocycles. The number of carboxylic acids is 1. The second-order valence-corrected chi connectivity index (χ2v) is 10.5. The Kier molecular flexibility index (Phi) is 10.5. The molecule has 0 amide bonds. The highest BCUT2D eigenvalue weighted by Gasteiger charge is 2.22. The monoisotopic (exact) mass is 647 g/mol. The molecular formula is C31H30ClN7O7. The van der Waals surface area contributed by atoms with Crippen molar-refractivity contribution in [2.75, 3.05) is 0 Å². The van der Waals surface area contributed by atoms with Crippen LogP contribution in [-0.2, 0) is 35.8 Å². The molecule has 46 heavy (non-hydrogen) atoms. The summed E-state index contributed by atoms with van der Waals surface area (Å²) in [4.78, 5) is 34.4. The van der Waals surface area contributed by atoms with Crippen molar-refractivity contribution in [3.05, 3.63) is 106 Å². The highest BCUT2D eigenvalue weighted by molar-refractivity contribution is 6.32. The van der Waals surface area contributed by atoms with Crippen molar-refractivity contribution < 1.29 is 34.7 Å². The van der Waals surface area contributed by atoms with Crippen molar-refractivity contribution >= 4 is 23.7 Å². The van der Waals surface area contributed by atoms with Crippen LogP contribution in [0.3, 0.4) is 0 Å². The van der Waals surface area contributed by atoms with Gasteiger partial charge in [0.2, 0.25) is 5.82 Å². The third-order valence-corrected chi connectivity index (χ3v) is 7.38. The minimum atomic E-state index is -1.13. The molecule has 0 aliphatic heterocycles. The van der Waals surface area contributed by atoms with Gasteiger partial charge in [0.05, 0.1) is 12.0 Å². The molecule has 0 aliphatic rings. The molecule has 5 rings (SSSR count). The Bertz CT molecular complexity index is 1820. The Morgan fingerprint density at radius 3 is 2.28 bits per heavy atom. The van der Waals surface area contributed by atoms with Gasteiger partial charge in [-0.3, -0.25) is 10.4 Å². The number of aromatic nitrogens is 6. The van der Waals surface area contributed by atoms with E-state index in [0.717, 1.165) is 34.3 Å². The van der Waals surface area contributed by atoms with Gasteiger partial charge in [-0.15, -0.1) is 10.2 Å². The second-order valence-electron chi connectivity index (χ2n) is 10.2. The van der Waals surface area contributed by atoms with E-state index in [9.17, 15) is 14.7 Å². The van der Waals surface area contributed by atoms with E-state index in [0.29, 0.717) is 35.5 Å². The number of nitrogens with zero attached hydrogens (tertiary/aromatic N) is 7. The standard InChI is InChI=1S/C31H30ClN7O7/c1-2-3-12-26-33-28(32)27(30(40)41)37(26)17-20-13-15-21(16-14-20)24-10-6-7-11-25(24)29-34-36-38(35-29)31(42)45-18-22-8-4-5-9-23(22)19-46-39(43)44/h4-11,13-16,43-44H,2-3,12,17-19H2,1H3,(H,40,41). The number of rotatable bonds is 13. The van der Waals surface area contributed by atoms with Gasteiger partial charge >= 0.3 is 12.1 Å². The summed E-state index contributed by atoms with van der Waals surface area (Å²) in [7, 11) is 0. The average Bonchev–Trinajstić information content (AvgIpc) is 3.67. The van der Waals surface area contributed by atoms with Gasteiger partial charge in [-0.05, 0) is 39.5 Å². The topological polar surface area (TPSA) is 178 Å². The van der Waals surface area contributed by atoms with E-state index in [1.807, 2.05) is 48.5 Å². The van der Waals surface area contributed by atoms with E-state index < -0.39 is 17.5 Å². The number of aromatic carboxylic acids is 1. The maximum absolute atomic E-state index is 12.7. The maximum Gasteiger partial charge on any atom is 0.454 e. The lowest BCUT2D eigenvalue weighted by Gasteiger charge is -2.12. The van der Waals surface area contributed by atoms with Crippen molar-refractivity contribution in [1.82, 2.24) is 35.1 Å². The van der Waals surface area contributed by atoms with Gasteiger partial charge in [-0.25, -0.2) is 19.4 Å². The molecule has 2 heterocycles. The van der Waals surface area contributed by atoms with E-state index in [1.165, 1.54) is 0 Å². The predicted octanol–water partition coefficient (Wildman–Crippen LogP) is 5.64. The van der Waals surface area contributed by atoms with Crippen molar-refractivity contribution in [3.8, 4) is 22.5 Å². The van der Waals surface area contributed by atoms with Crippen LogP contribution in [0.1, 0.15) is 52.8 Å². The molecule has 15 heteroatoms. The molecular weight excluding hydrogens is 618 g/mol. The normalized spacial score (nSPS) is 11.2. The molecule has 0 fully saturated rings. The van der Waals surface area contributed by atoms with Crippen LogP contribution in [0.15, 0.2) is 72.8 Å². The molecule has 0 saturated heterocycles. The summed E-state index contributed by atoms with van der Waals surface area (Å²) in [6.45, 7) is 2.04. The van der Waals surface area contributed by atoms with Crippen LogP contribution < -0.4 is 0 Å². The molecule has 5 aromatic rings. The van der Waals surface area contributed by atoms with Gasteiger partial charge in [0.1, 0.15) is 12.4 Å². The number of tetrazole rings is 1. The van der Waals surface area contributed by atoms with E-state index in [1.54, 1.807) is 28.8 Å². The molecule has 0 unspecified atom stereocenters. The Hall–Kier alpha value is -4.99. The summed E-state index contributed by atoms with van der Waals surface area (Å²) in [5, 5.41) is 39.1. The number of hydrogen-bond donors (Lipinski definition) is 3. The number of unbranched alkanes of at least 4 members (excludes halogenated alkanes) is 1. The number of carboxylic acid groups (broad SMARTS) is 1. The summed E-state index contributed by atoms with van der Waals surface area (Å²) in [6.07, 6.45) is 1.55. The predicted molar refractivity (Wildman–Crippen MR) is 163 cm³/mol. The smallest absolute Gasteiger partial charge is 0.454 e. The Balaban J connectivity index is 1.31. The van der Waals surface area contributed by atoms with Gasteiger partial charge in [0.25, 0.3) is 0 Å². The number of halogens is 1. The van der Waals surface area contributed by atoms with Crippen LogP contribution in [0.4, 0.5) is 4.79 Å². The first-order chi connectivity index (χ1) is 22.2. The van der Waals surface area contributed by atoms with Crippen molar-refractivity contribution in [2.45, 2.75) is 45.9 Å². The Labute approximate surface area is 267 Å². The van der Waals surface area contributed by atoms with Gasteiger partial charge in [-0.2, -0.15) is 0 Å². The number of carbonyl (C=O) groups excluding carboxylic acids is 1. The number of ether oxygens (including phenoxy) is 1. The molecule has 0 atom stereocenters. The van der Waals surface area contributed by atoms with Crippen LogP contribution in [-0.4, -0.2) is 62.7 Å². The van der Waals surface area contributed by atoms with Crippen LogP contribution in [0, 0.1) is 0 Å². The largest absolute Gasteiger partial charge is 0.476 e. The zero-order valence-corrected chi connectivity index (χ0v) is 25.4. The van der Waals surface area contributed by atoms with E-state index in [-0.39, 0.29) is 29.9 Å². The molecule has 0 saturated carbocycles. The summed E-state index contributed by atoms with van der Waals surface area (Å²) in [6, 6.07) is 21.9. The van der Waals surface area contributed by atoms with E-state index in [4.69, 9.17) is 26.8 Å². The van der Waals surface area contributed by atoms with Gasteiger partial charge in [0, 0.05) is 18.5 Å². The molecule has 14 nitrogen and oxygen atoms in total. The average molecular weight is 648 g/mol. The fourth-order valence-electron chi connectivity index (χ4n) is 4.83. The van der Waals surface area contributed by atoms with Crippen molar-refractivity contribution in [2.24, 2.45) is 0 Å². The van der Waals surface area contributed by atoms with Gasteiger partial charge < -0.3 is 14.4 Å². The highest BCUT2D eigenvalue weighted by atomic mass is 35.5. The van der Waals surface area contributed by atoms with Gasteiger partial charge in [-0.1, -0.05) is 103 Å². The molecule has 238 valence electrons. The summed E-state index contributed by atoms with van der Waals surface area (Å²) < 4.78 is 7.00. The first kappa shape index (κ1) is 32.4. The number of carbonyl (C=O) groups is 2. The Morgan fingerprint density at radius 1 is 0.935 bits per heavy atom. The first-order valence-corrected chi connectivity index (χ1v) is 14.6. The number of imidazole rings is 1. The molecule has 3 N–H and O–H groups in total. The fraction of sp³-hybridized carbons (Fsp3) is 0.226. The molecule has 0 radical (unpaired) electrons. The molecule has 0 bridgehead atoms. The summed E-state index contributed by atoms with van der Waals surface area (Å²) in [5.41, 5.74) is 4.25. The second kappa shape index (κ2) is 14.9. The molecule has 2 aromatic heterocycles. The third-order valence-electron chi connectivity index (χ3n) is 7.12. The lowest BCUT2D eigenvalue weighted by atomic mass is 9.98. The number of benzene rings is 3. The van der Waals surface area contributed by atoms with Crippen LogP contribution >= 0.6 is 11.6 Å². The zero-order valence-electron chi connectivity index (χ0n) is 24.7. The molecule has 3 aromatic carbocycles. The zero-order chi connectivity index (χ0) is 32.6. The van der Waals surface area contributed by atoms with E-state index in [2.05, 4.69) is 32.2 Å². The number of aryl methyl sites for hydroxylation is 1. The number of hydrogen-bond acceptors (Lipinski definition) is 11. The summed E-state index contributed by atoms with van der Waals surface area (Å²) >= 11 is 6.18. The van der Waals surface area contributed by atoms with E-state index >= 15 is 0 Å². The third kappa shape index (κ3) is 7.62. The Morgan fingerprint density at radius 2 is 1.61 bits per heavy atom. The van der Waals surface area contributed by atoms with Gasteiger partial charge in [0.15, 0.2) is 10.8 Å². The SMILES string of the molecule is CCCCc1nc(Cl)c(C(=O)O)n1Cc1ccc(-c2ccccc2-c2nnn(C(=O)OCc3ccccc3CON(O)O)n2)cc1. The van der Waals surface area contributed by atoms with Crippen molar-refractivity contribution in [1.29, 1.82) is 0 Å². The quantitative estimate of drug-likeness (QED) is 0.134. The molecule has 0 spiro atoms. The highest BCUT2D eigenvalue weighted by Crippen LogP contribution is 2.30. The minimum absolute atomic E-state index is 0.0230. The first-order valence-electron chi connectivity index (χ1n) is 14.3. The maximum atomic E-state index is 12.7.